The minimum atomic E-state index is 0.553. The van der Waals surface area contributed by atoms with Crippen LogP contribution in [-0.4, -0.2) is 5.75 Å². The van der Waals surface area contributed by atoms with Crippen LogP contribution >= 0.6 is 11.8 Å². The maximum atomic E-state index is 5.62. The summed E-state index contributed by atoms with van der Waals surface area (Å²) in [7, 11) is 0. The maximum absolute atomic E-state index is 5.62. The molecule has 1 aromatic carbocycles. The van der Waals surface area contributed by atoms with Crippen molar-refractivity contribution in [1.29, 1.82) is 0 Å². The standard InChI is InChI=1S/C11H13NS/c1-3-9-5-6-11(13-4-2)10(7-9)8-12/h1,5-7H,4,8,12H2,2H3. The highest BCUT2D eigenvalue weighted by atomic mass is 32.2. The molecule has 0 aliphatic carbocycles. The molecule has 0 spiro atoms. The molecule has 0 saturated carbocycles. The number of hydrogen-bond acceptors (Lipinski definition) is 2. The van der Waals surface area contributed by atoms with Gasteiger partial charge in [-0.2, -0.15) is 0 Å². The SMILES string of the molecule is C#Cc1ccc(SCC)c(CN)c1. The van der Waals surface area contributed by atoms with E-state index in [0.717, 1.165) is 16.9 Å². The van der Waals surface area contributed by atoms with Gasteiger partial charge in [-0.3, -0.25) is 0 Å². The van der Waals surface area contributed by atoms with Crippen LogP contribution in [0.3, 0.4) is 0 Å². The lowest BCUT2D eigenvalue weighted by Crippen LogP contribution is -1.99. The quantitative estimate of drug-likeness (QED) is 0.585. The average Bonchev–Trinajstić information content (AvgIpc) is 2.19. The smallest absolute Gasteiger partial charge is 0.0246 e. The van der Waals surface area contributed by atoms with Gasteiger partial charge in [0.15, 0.2) is 0 Å². The summed E-state index contributed by atoms with van der Waals surface area (Å²) in [5, 5.41) is 0. The fourth-order valence-electron chi connectivity index (χ4n) is 1.13. The molecule has 0 aromatic heterocycles. The molecule has 0 radical (unpaired) electrons. The van der Waals surface area contributed by atoms with Gasteiger partial charge in [0.05, 0.1) is 0 Å². The minimum absolute atomic E-state index is 0.553. The van der Waals surface area contributed by atoms with Crippen molar-refractivity contribution in [2.75, 3.05) is 5.75 Å². The molecule has 2 N–H and O–H groups in total. The Balaban J connectivity index is 3.02. The van der Waals surface area contributed by atoms with Crippen molar-refractivity contribution >= 4 is 11.8 Å². The van der Waals surface area contributed by atoms with Crippen LogP contribution < -0.4 is 5.73 Å². The van der Waals surface area contributed by atoms with Crippen LogP contribution in [-0.2, 0) is 6.54 Å². The first-order valence-corrected chi connectivity index (χ1v) is 5.22. The normalized spacial score (nSPS) is 9.62. The number of terminal acetylenes is 1. The van der Waals surface area contributed by atoms with Crippen molar-refractivity contribution in [3.05, 3.63) is 29.3 Å². The highest BCUT2D eigenvalue weighted by Crippen LogP contribution is 2.22. The van der Waals surface area contributed by atoms with Crippen molar-refractivity contribution in [2.24, 2.45) is 5.73 Å². The molecule has 0 heterocycles. The Labute approximate surface area is 83.7 Å². The summed E-state index contributed by atoms with van der Waals surface area (Å²) in [6, 6.07) is 5.99. The zero-order valence-electron chi connectivity index (χ0n) is 7.71. The van der Waals surface area contributed by atoms with E-state index in [2.05, 4.69) is 12.8 Å². The van der Waals surface area contributed by atoms with Crippen LogP contribution in [0.5, 0.6) is 0 Å². The van der Waals surface area contributed by atoms with Crippen molar-refractivity contribution in [3.8, 4) is 12.3 Å². The molecule has 68 valence electrons. The molecule has 0 bridgehead atoms. The van der Waals surface area contributed by atoms with E-state index in [1.807, 2.05) is 18.2 Å². The Hall–Kier alpha value is -0.910. The molecule has 0 amide bonds. The van der Waals surface area contributed by atoms with E-state index in [9.17, 15) is 0 Å². The molecule has 0 atom stereocenters. The third-order valence-electron chi connectivity index (χ3n) is 1.75. The summed E-state index contributed by atoms with van der Waals surface area (Å²) in [6.07, 6.45) is 5.30. The topological polar surface area (TPSA) is 26.0 Å². The zero-order chi connectivity index (χ0) is 9.68. The molecular weight excluding hydrogens is 178 g/mol. The summed E-state index contributed by atoms with van der Waals surface area (Å²) in [5.41, 5.74) is 7.67. The lowest BCUT2D eigenvalue weighted by molar-refractivity contribution is 1.02. The fourth-order valence-corrected chi connectivity index (χ4v) is 1.93. The van der Waals surface area contributed by atoms with E-state index >= 15 is 0 Å². The lowest BCUT2D eigenvalue weighted by atomic mass is 10.1. The van der Waals surface area contributed by atoms with Crippen molar-refractivity contribution in [3.63, 3.8) is 0 Å². The van der Waals surface area contributed by atoms with Gasteiger partial charge in [-0.05, 0) is 29.5 Å². The monoisotopic (exact) mass is 191 g/mol. The summed E-state index contributed by atoms with van der Waals surface area (Å²) < 4.78 is 0. The fraction of sp³-hybridized carbons (Fsp3) is 0.273. The third-order valence-corrected chi connectivity index (χ3v) is 2.74. The molecule has 0 fully saturated rings. The molecule has 13 heavy (non-hydrogen) atoms. The molecule has 1 nitrogen and oxygen atoms in total. The summed E-state index contributed by atoms with van der Waals surface area (Å²) in [5.74, 6) is 3.66. The van der Waals surface area contributed by atoms with E-state index < -0.39 is 0 Å². The van der Waals surface area contributed by atoms with Crippen LogP contribution in [0.1, 0.15) is 18.1 Å². The van der Waals surface area contributed by atoms with Gasteiger partial charge >= 0.3 is 0 Å². The highest BCUT2D eigenvalue weighted by molar-refractivity contribution is 7.99. The molecule has 0 aliphatic rings. The van der Waals surface area contributed by atoms with Gasteiger partial charge in [0.1, 0.15) is 0 Å². The van der Waals surface area contributed by atoms with Crippen LogP contribution in [0.25, 0.3) is 0 Å². The maximum Gasteiger partial charge on any atom is 0.0246 e. The molecular formula is C11H13NS. The number of hydrogen-bond donors (Lipinski definition) is 1. The van der Waals surface area contributed by atoms with Crippen molar-refractivity contribution < 1.29 is 0 Å². The Kier molecular flexibility index (Phi) is 3.88. The van der Waals surface area contributed by atoms with Crippen LogP contribution in [0.15, 0.2) is 23.1 Å². The van der Waals surface area contributed by atoms with Gasteiger partial charge < -0.3 is 5.73 Å². The largest absolute Gasteiger partial charge is 0.326 e. The Morgan fingerprint density at radius 1 is 1.54 bits per heavy atom. The predicted molar refractivity (Wildman–Crippen MR) is 58.7 cm³/mol. The number of thioether (sulfide) groups is 1. The van der Waals surface area contributed by atoms with E-state index in [1.54, 1.807) is 11.8 Å². The summed E-state index contributed by atoms with van der Waals surface area (Å²) in [4.78, 5) is 1.24. The third kappa shape index (κ3) is 2.51. The van der Waals surface area contributed by atoms with E-state index in [4.69, 9.17) is 12.2 Å². The molecule has 1 aromatic rings. The highest BCUT2D eigenvalue weighted by Gasteiger charge is 2.00. The first kappa shape index (κ1) is 10.2. The Bertz CT molecular complexity index is 325. The van der Waals surface area contributed by atoms with Gasteiger partial charge in [0.25, 0.3) is 0 Å². The Morgan fingerprint density at radius 2 is 2.31 bits per heavy atom. The molecule has 1 rings (SSSR count). The summed E-state index contributed by atoms with van der Waals surface area (Å²) >= 11 is 1.80. The van der Waals surface area contributed by atoms with Crippen LogP contribution in [0.4, 0.5) is 0 Å². The average molecular weight is 191 g/mol. The minimum Gasteiger partial charge on any atom is -0.326 e. The van der Waals surface area contributed by atoms with E-state index in [0.29, 0.717) is 6.54 Å². The van der Waals surface area contributed by atoms with Crippen LogP contribution in [0.2, 0.25) is 0 Å². The number of benzene rings is 1. The second-order valence-corrected chi connectivity index (χ2v) is 3.91. The van der Waals surface area contributed by atoms with Gasteiger partial charge in [-0.15, -0.1) is 18.2 Å². The lowest BCUT2D eigenvalue weighted by Gasteiger charge is -2.06. The second-order valence-electron chi connectivity index (χ2n) is 2.60. The number of nitrogens with two attached hydrogens (primary N) is 1. The van der Waals surface area contributed by atoms with Crippen LogP contribution in [0, 0.1) is 12.3 Å². The van der Waals surface area contributed by atoms with Gasteiger partial charge in [-0.1, -0.05) is 12.8 Å². The number of rotatable bonds is 3. The summed E-state index contributed by atoms with van der Waals surface area (Å²) in [6.45, 7) is 2.68. The molecule has 2 heteroatoms. The second kappa shape index (κ2) is 4.96. The Morgan fingerprint density at radius 3 is 2.85 bits per heavy atom. The first-order chi connectivity index (χ1) is 6.31. The molecule has 0 saturated heterocycles. The van der Waals surface area contributed by atoms with E-state index in [-0.39, 0.29) is 0 Å². The van der Waals surface area contributed by atoms with Crippen molar-refractivity contribution in [1.82, 2.24) is 0 Å². The predicted octanol–water partition coefficient (Wildman–Crippen LogP) is 2.24. The van der Waals surface area contributed by atoms with Crippen molar-refractivity contribution in [2.45, 2.75) is 18.4 Å². The van der Waals surface area contributed by atoms with Gasteiger partial charge in [-0.25, -0.2) is 0 Å². The molecule has 0 unspecified atom stereocenters. The van der Waals surface area contributed by atoms with E-state index in [1.165, 1.54) is 4.90 Å². The first-order valence-electron chi connectivity index (χ1n) is 4.24. The molecule has 0 aliphatic heterocycles. The van der Waals surface area contributed by atoms with Gasteiger partial charge in [0, 0.05) is 17.0 Å². The van der Waals surface area contributed by atoms with Gasteiger partial charge in [0.2, 0.25) is 0 Å². The zero-order valence-corrected chi connectivity index (χ0v) is 8.53.